The molecule has 0 aliphatic heterocycles. The summed E-state index contributed by atoms with van der Waals surface area (Å²) in [5.74, 6) is 6.57. The van der Waals surface area contributed by atoms with Crippen molar-refractivity contribution in [3.05, 3.63) is 77.4 Å². The molecule has 0 nitrogen and oxygen atoms in total. The van der Waals surface area contributed by atoms with Gasteiger partial charge in [-0.15, -0.1) is 0 Å². The lowest BCUT2D eigenvalue weighted by atomic mass is 9.87. The Labute approximate surface area is 114 Å². The number of hydrogen-bond donors (Lipinski definition) is 0. The van der Waals surface area contributed by atoms with Crippen molar-refractivity contribution >= 4 is 5.57 Å². The van der Waals surface area contributed by atoms with E-state index >= 15 is 0 Å². The summed E-state index contributed by atoms with van der Waals surface area (Å²) in [5.41, 5.74) is 4.93. The first kappa shape index (κ1) is 11.8. The molecule has 0 heterocycles. The highest BCUT2D eigenvalue weighted by Crippen LogP contribution is 2.39. The smallest absolute Gasteiger partial charge is 0.0293 e. The maximum Gasteiger partial charge on any atom is 0.0293 e. The van der Waals surface area contributed by atoms with Crippen LogP contribution in [0.25, 0.3) is 5.57 Å². The van der Waals surface area contributed by atoms with E-state index in [2.05, 4.69) is 56.0 Å². The molecule has 1 aliphatic carbocycles. The largest absolute Gasteiger partial charge is 0.0622 e. The van der Waals surface area contributed by atoms with E-state index in [9.17, 15) is 0 Å². The third-order valence-electron chi connectivity index (χ3n) is 3.53. The molecule has 0 saturated carbocycles. The van der Waals surface area contributed by atoms with Crippen LogP contribution in [0.2, 0.25) is 0 Å². The Balaban J connectivity index is 2.02. The molecule has 92 valence electrons. The molecule has 0 spiro atoms. The molecule has 19 heavy (non-hydrogen) atoms. The van der Waals surface area contributed by atoms with E-state index in [0.29, 0.717) is 0 Å². The van der Waals surface area contributed by atoms with E-state index in [1.165, 1.54) is 11.1 Å². The Hall–Kier alpha value is -2.26. The summed E-state index contributed by atoms with van der Waals surface area (Å²) in [6.45, 7) is 4.48. The summed E-state index contributed by atoms with van der Waals surface area (Å²) in [4.78, 5) is 0. The zero-order chi connectivity index (χ0) is 13.3. The summed E-state index contributed by atoms with van der Waals surface area (Å²) in [7, 11) is 0. The van der Waals surface area contributed by atoms with Crippen LogP contribution < -0.4 is 0 Å². The number of fused-ring (bicyclic) bond motifs is 1. The number of benzene rings is 2. The predicted octanol–water partition coefficient (Wildman–Crippen LogP) is 4.41. The van der Waals surface area contributed by atoms with Gasteiger partial charge in [0.1, 0.15) is 0 Å². The summed E-state index contributed by atoms with van der Waals surface area (Å²) in [5, 5.41) is 0. The number of allylic oxidation sites excluding steroid dienone is 2. The van der Waals surface area contributed by atoms with Crippen LogP contribution >= 0.6 is 0 Å². The zero-order valence-electron chi connectivity index (χ0n) is 11.3. The van der Waals surface area contributed by atoms with Crippen molar-refractivity contribution in [2.75, 3.05) is 0 Å². The lowest BCUT2D eigenvalue weighted by Gasteiger charge is -2.16. The van der Waals surface area contributed by atoms with E-state index in [1.54, 1.807) is 0 Å². The average Bonchev–Trinajstić information content (AvgIpc) is 2.70. The van der Waals surface area contributed by atoms with Crippen LogP contribution in [0.15, 0.2) is 60.7 Å². The van der Waals surface area contributed by atoms with Gasteiger partial charge in [0.25, 0.3) is 0 Å². The minimum atomic E-state index is 0.0806. The van der Waals surface area contributed by atoms with Gasteiger partial charge in [-0.3, -0.25) is 0 Å². The molecule has 2 aromatic rings. The van der Waals surface area contributed by atoms with Crippen LogP contribution in [0.1, 0.15) is 30.5 Å². The van der Waals surface area contributed by atoms with Crippen molar-refractivity contribution in [1.82, 2.24) is 0 Å². The maximum absolute atomic E-state index is 3.32. The average molecular weight is 244 g/mol. The first-order chi connectivity index (χ1) is 9.17. The third-order valence-corrected chi connectivity index (χ3v) is 3.53. The molecule has 0 heteroatoms. The Morgan fingerprint density at radius 1 is 0.789 bits per heavy atom. The highest BCUT2D eigenvalue weighted by molar-refractivity contribution is 5.86. The topological polar surface area (TPSA) is 0 Å². The molecule has 0 atom stereocenters. The highest BCUT2D eigenvalue weighted by Gasteiger charge is 2.28. The molecule has 0 unspecified atom stereocenters. The molecule has 0 bridgehead atoms. The maximum atomic E-state index is 3.32. The van der Waals surface area contributed by atoms with Gasteiger partial charge in [-0.05, 0) is 23.3 Å². The Bertz CT molecular complexity index is 692. The van der Waals surface area contributed by atoms with Gasteiger partial charge >= 0.3 is 0 Å². The van der Waals surface area contributed by atoms with Crippen LogP contribution in [0.4, 0.5) is 0 Å². The first-order valence-corrected chi connectivity index (χ1v) is 6.57. The van der Waals surface area contributed by atoms with Crippen molar-refractivity contribution in [3.8, 4) is 11.8 Å². The summed E-state index contributed by atoms with van der Waals surface area (Å²) in [6, 6.07) is 18.7. The lowest BCUT2D eigenvalue weighted by molar-refractivity contribution is 0.683. The molecule has 0 saturated heterocycles. The van der Waals surface area contributed by atoms with Crippen LogP contribution in [-0.4, -0.2) is 0 Å². The fourth-order valence-corrected chi connectivity index (χ4v) is 2.56. The molecule has 0 aromatic heterocycles. The quantitative estimate of drug-likeness (QED) is 0.602. The predicted molar refractivity (Wildman–Crippen MR) is 80.8 cm³/mol. The minimum Gasteiger partial charge on any atom is -0.0622 e. The standard InChI is InChI=1S/C19H16/c1-19(2)14-16(17-10-6-7-11-18(17)19)13-12-15-8-4-3-5-9-15/h3-11,14H,1-2H3. The van der Waals surface area contributed by atoms with E-state index in [4.69, 9.17) is 0 Å². The van der Waals surface area contributed by atoms with Crippen molar-refractivity contribution < 1.29 is 0 Å². The summed E-state index contributed by atoms with van der Waals surface area (Å²) < 4.78 is 0. The van der Waals surface area contributed by atoms with Gasteiger partial charge in [0.2, 0.25) is 0 Å². The Morgan fingerprint density at radius 2 is 1.47 bits per heavy atom. The second kappa shape index (κ2) is 4.44. The van der Waals surface area contributed by atoms with Crippen molar-refractivity contribution in [1.29, 1.82) is 0 Å². The Kier molecular flexibility index (Phi) is 2.76. The van der Waals surface area contributed by atoms with Crippen LogP contribution in [0.3, 0.4) is 0 Å². The van der Waals surface area contributed by atoms with Crippen molar-refractivity contribution in [2.45, 2.75) is 19.3 Å². The highest BCUT2D eigenvalue weighted by atomic mass is 14.3. The zero-order valence-corrected chi connectivity index (χ0v) is 11.3. The SMILES string of the molecule is CC1(C)C=C(C#Cc2ccccc2)c2ccccc21. The number of rotatable bonds is 0. The molecule has 1 aliphatic rings. The molecular formula is C19H16. The molecule has 2 aromatic carbocycles. The molecule has 0 N–H and O–H groups in total. The molecule has 0 amide bonds. The van der Waals surface area contributed by atoms with Gasteiger partial charge < -0.3 is 0 Å². The molecule has 0 fully saturated rings. The van der Waals surface area contributed by atoms with Crippen LogP contribution in [0.5, 0.6) is 0 Å². The lowest BCUT2D eigenvalue weighted by Crippen LogP contribution is -2.10. The normalized spacial score (nSPS) is 15.2. The van der Waals surface area contributed by atoms with E-state index in [1.807, 2.05) is 30.3 Å². The van der Waals surface area contributed by atoms with Crippen LogP contribution in [-0.2, 0) is 5.41 Å². The van der Waals surface area contributed by atoms with Gasteiger partial charge in [-0.25, -0.2) is 0 Å². The Morgan fingerprint density at radius 3 is 2.26 bits per heavy atom. The van der Waals surface area contributed by atoms with Crippen molar-refractivity contribution in [2.24, 2.45) is 0 Å². The van der Waals surface area contributed by atoms with Gasteiger partial charge in [-0.1, -0.05) is 74.2 Å². The van der Waals surface area contributed by atoms with E-state index in [-0.39, 0.29) is 5.41 Å². The fourth-order valence-electron chi connectivity index (χ4n) is 2.56. The molecule has 0 radical (unpaired) electrons. The monoisotopic (exact) mass is 244 g/mol. The van der Waals surface area contributed by atoms with Gasteiger partial charge in [0, 0.05) is 16.6 Å². The first-order valence-electron chi connectivity index (χ1n) is 6.57. The van der Waals surface area contributed by atoms with Gasteiger partial charge in [-0.2, -0.15) is 0 Å². The third kappa shape index (κ3) is 2.20. The number of hydrogen-bond acceptors (Lipinski definition) is 0. The second-order valence-electron chi connectivity index (χ2n) is 5.44. The minimum absolute atomic E-state index is 0.0806. The van der Waals surface area contributed by atoms with Gasteiger partial charge in [0.05, 0.1) is 0 Å². The molecular weight excluding hydrogens is 228 g/mol. The molecule has 3 rings (SSSR count). The fraction of sp³-hybridized carbons (Fsp3) is 0.158. The summed E-state index contributed by atoms with van der Waals surface area (Å²) in [6.07, 6.45) is 2.27. The van der Waals surface area contributed by atoms with Crippen LogP contribution in [0, 0.1) is 11.8 Å². The second-order valence-corrected chi connectivity index (χ2v) is 5.44. The van der Waals surface area contributed by atoms with E-state index in [0.717, 1.165) is 11.1 Å². The van der Waals surface area contributed by atoms with E-state index < -0.39 is 0 Å². The summed E-state index contributed by atoms with van der Waals surface area (Å²) >= 11 is 0. The van der Waals surface area contributed by atoms with Gasteiger partial charge in [0.15, 0.2) is 0 Å². The van der Waals surface area contributed by atoms with Crippen molar-refractivity contribution in [3.63, 3.8) is 0 Å².